The summed E-state index contributed by atoms with van der Waals surface area (Å²) < 4.78 is 60.8. The van der Waals surface area contributed by atoms with Gasteiger partial charge in [-0.25, -0.2) is 0 Å². The Bertz CT molecular complexity index is 282. The third kappa shape index (κ3) is 3.51. The maximum atomic E-state index is 11.9. The van der Waals surface area contributed by atoms with Gasteiger partial charge in [-0.3, -0.25) is 4.18 Å². The minimum atomic E-state index is -4.22. The molecule has 7 heteroatoms. The molecule has 0 heterocycles. The summed E-state index contributed by atoms with van der Waals surface area (Å²) in [4.78, 5) is 0. The van der Waals surface area contributed by atoms with E-state index in [9.17, 15) is 21.6 Å². The Morgan fingerprint density at radius 2 is 2.00 bits per heavy atom. The van der Waals surface area contributed by atoms with Gasteiger partial charge in [0, 0.05) is 0 Å². The number of halogens is 3. The van der Waals surface area contributed by atoms with Gasteiger partial charge in [0.25, 0.3) is 10.1 Å². The van der Waals surface area contributed by atoms with Gasteiger partial charge in [-0.1, -0.05) is 0 Å². The zero-order valence-electron chi connectivity index (χ0n) is 6.84. The normalized spacial score (nSPS) is 28.9. The van der Waals surface area contributed by atoms with Crippen LogP contribution in [0.3, 0.4) is 0 Å². The van der Waals surface area contributed by atoms with Crippen molar-refractivity contribution in [2.75, 3.05) is 12.9 Å². The van der Waals surface area contributed by atoms with Crippen molar-refractivity contribution in [2.45, 2.75) is 12.6 Å². The van der Waals surface area contributed by atoms with E-state index < -0.39 is 28.1 Å². The maximum Gasteiger partial charge on any atom is 0.392 e. The fraction of sp³-hybridized carbons (Fsp3) is 1.00. The van der Waals surface area contributed by atoms with Crippen molar-refractivity contribution < 1.29 is 25.8 Å². The lowest BCUT2D eigenvalue weighted by Crippen LogP contribution is -2.14. The van der Waals surface area contributed by atoms with Gasteiger partial charge in [0.1, 0.15) is 0 Å². The minimum absolute atomic E-state index is 0.0288. The van der Waals surface area contributed by atoms with Gasteiger partial charge in [-0.15, -0.1) is 0 Å². The number of hydrogen-bond donors (Lipinski definition) is 0. The van der Waals surface area contributed by atoms with Gasteiger partial charge in [0.2, 0.25) is 0 Å². The number of rotatable bonds is 3. The molecule has 1 aliphatic carbocycles. The molecule has 1 saturated carbocycles. The molecule has 0 N–H and O–H groups in total. The lowest BCUT2D eigenvalue weighted by atomic mass is 10.3. The molecule has 1 rings (SSSR count). The van der Waals surface area contributed by atoms with E-state index in [1.807, 2.05) is 0 Å². The Hall–Kier alpha value is -0.300. The van der Waals surface area contributed by atoms with Gasteiger partial charge in [-0.2, -0.15) is 21.6 Å². The Labute approximate surface area is 74.0 Å². The van der Waals surface area contributed by atoms with Crippen LogP contribution in [0, 0.1) is 11.8 Å². The van der Waals surface area contributed by atoms with E-state index in [0.717, 1.165) is 6.26 Å². The molecule has 78 valence electrons. The molecular formula is C6H9F3O3S. The SMILES string of the molecule is CS(=O)(=O)OC[C@H]1C[C@H]1C(F)(F)F. The molecular weight excluding hydrogens is 209 g/mol. The predicted molar refractivity (Wildman–Crippen MR) is 38.4 cm³/mol. The molecule has 2 atom stereocenters. The van der Waals surface area contributed by atoms with Gasteiger partial charge >= 0.3 is 6.18 Å². The van der Waals surface area contributed by atoms with Crippen molar-refractivity contribution in [1.29, 1.82) is 0 Å². The van der Waals surface area contributed by atoms with E-state index in [2.05, 4.69) is 4.18 Å². The van der Waals surface area contributed by atoms with Gasteiger partial charge in [0.15, 0.2) is 0 Å². The van der Waals surface area contributed by atoms with Crippen molar-refractivity contribution >= 4 is 10.1 Å². The van der Waals surface area contributed by atoms with Crippen molar-refractivity contribution in [1.82, 2.24) is 0 Å². The van der Waals surface area contributed by atoms with Crippen molar-refractivity contribution in [3.63, 3.8) is 0 Å². The summed E-state index contributed by atoms with van der Waals surface area (Å²) in [6.45, 7) is -0.358. The van der Waals surface area contributed by atoms with Crippen LogP contribution in [0.5, 0.6) is 0 Å². The first-order valence-electron chi connectivity index (χ1n) is 3.61. The lowest BCUT2D eigenvalue weighted by molar-refractivity contribution is -0.151. The zero-order chi connectivity index (χ0) is 10.3. The quantitative estimate of drug-likeness (QED) is 0.667. The first-order valence-corrected chi connectivity index (χ1v) is 5.43. The summed E-state index contributed by atoms with van der Waals surface area (Å²) in [6.07, 6.45) is -3.43. The summed E-state index contributed by atoms with van der Waals surface area (Å²) in [5.41, 5.74) is 0. The van der Waals surface area contributed by atoms with E-state index >= 15 is 0 Å². The average molecular weight is 218 g/mol. The molecule has 0 aromatic heterocycles. The minimum Gasteiger partial charge on any atom is -0.270 e. The van der Waals surface area contributed by atoms with Crippen LogP contribution in [-0.4, -0.2) is 27.5 Å². The van der Waals surface area contributed by atoms with Crippen LogP contribution >= 0.6 is 0 Å². The van der Waals surface area contributed by atoms with Gasteiger partial charge in [0.05, 0.1) is 18.8 Å². The molecule has 0 saturated heterocycles. The standard InChI is InChI=1S/C6H9F3O3S/c1-13(10,11)12-3-4-2-5(4)6(7,8)9/h4-5H,2-3H2,1H3/t4-,5-/m1/s1. The molecule has 0 aromatic carbocycles. The Kier molecular flexibility index (Phi) is 2.59. The van der Waals surface area contributed by atoms with Crippen LogP contribution < -0.4 is 0 Å². The van der Waals surface area contributed by atoms with Crippen LogP contribution in [0.25, 0.3) is 0 Å². The summed E-state index contributed by atoms with van der Waals surface area (Å²) in [5, 5.41) is 0. The van der Waals surface area contributed by atoms with E-state index in [0.29, 0.717) is 0 Å². The second-order valence-corrected chi connectivity index (χ2v) is 4.78. The molecule has 0 amide bonds. The molecule has 3 nitrogen and oxygen atoms in total. The predicted octanol–water partition coefficient (Wildman–Crippen LogP) is 1.16. The van der Waals surface area contributed by atoms with E-state index in [1.54, 1.807) is 0 Å². The smallest absolute Gasteiger partial charge is 0.270 e. The zero-order valence-corrected chi connectivity index (χ0v) is 7.65. The van der Waals surface area contributed by atoms with Crippen molar-refractivity contribution in [3.05, 3.63) is 0 Å². The summed E-state index contributed by atoms with van der Waals surface area (Å²) in [5.74, 6) is -2.07. The summed E-state index contributed by atoms with van der Waals surface area (Å²) >= 11 is 0. The molecule has 1 fully saturated rings. The molecule has 0 bridgehead atoms. The average Bonchev–Trinajstić information content (AvgIpc) is 2.57. The summed E-state index contributed by atoms with van der Waals surface area (Å²) in [7, 11) is -3.62. The van der Waals surface area contributed by atoms with E-state index in [-0.39, 0.29) is 13.0 Å². The van der Waals surface area contributed by atoms with Crippen LogP contribution in [0.15, 0.2) is 0 Å². The highest BCUT2D eigenvalue weighted by Crippen LogP contribution is 2.50. The first kappa shape index (κ1) is 10.8. The molecule has 0 spiro atoms. The topological polar surface area (TPSA) is 43.4 Å². The second-order valence-electron chi connectivity index (χ2n) is 3.13. The first-order chi connectivity index (χ1) is 5.70. The monoisotopic (exact) mass is 218 g/mol. The highest BCUT2D eigenvalue weighted by atomic mass is 32.2. The van der Waals surface area contributed by atoms with Crippen LogP contribution in [-0.2, 0) is 14.3 Å². The molecule has 0 aromatic rings. The largest absolute Gasteiger partial charge is 0.392 e. The number of alkyl halides is 3. The molecule has 0 unspecified atom stereocenters. The van der Waals surface area contributed by atoms with Crippen molar-refractivity contribution in [2.24, 2.45) is 11.8 Å². The Morgan fingerprint density at radius 3 is 2.31 bits per heavy atom. The fourth-order valence-electron chi connectivity index (χ4n) is 1.04. The van der Waals surface area contributed by atoms with Crippen LogP contribution in [0.1, 0.15) is 6.42 Å². The lowest BCUT2D eigenvalue weighted by Gasteiger charge is -2.04. The number of hydrogen-bond acceptors (Lipinski definition) is 3. The van der Waals surface area contributed by atoms with Crippen LogP contribution in [0.2, 0.25) is 0 Å². The summed E-state index contributed by atoms with van der Waals surface area (Å²) in [6, 6.07) is 0. The third-order valence-corrected chi connectivity index (χ3v) is 2.40. The highest BCUT2D eigenvalue weighted by molar-refractivity contribution is 7.85. The Morgan fingerprint density at radius 1 is 1.46 bits per heavy atom. The molecule has 1 aliphatic rings. The van der Waals surface area contributed by atoms with Gasteiger partial charge in [-0.05, 0) is 12.3 Å². The molecule has 0 radical (unpaired) electrons. The van der Waals surface area contributed by atoms with E-state index in [1.165, 1.54) is 0 Å². The Balaban J connectivity index is 2.30. The molecule has 0 aliphatic heterocycles. The van der Waals surface area contributed by atoms with Gasteiger partial charge < -0.3 is 0 Å². The van der Waals surface area contributed by atoms with Crippen LogP contribution in [0.4, 0.5) is 13.2 Å². The second kappa shape index (κ2) is 3.13. The third-order valence-electron chi connectivity index (χ3n) is 1.84. The molecule has 13 heavy (non-hydrogen) atoms. The van der Waals surface area contributed by atoms with Crippen molar-refractivity contribution in [3.8, 4) is 0 Å². The van der Waals surface area contributed by atoms with E-state index in [4.69, 9.17) is 0 Å². The maximum absolute atomic E-state index is 11.9. The fourth-order valence-corrected chi connectivity index (χ4v) is 1.47. The highest BCUT2D eigenvalue weighted by Gasteiger charge is 2.55.